The van der Waals surface area contributed by atoms with Gasteiger partial charge in [-0.05, 0) is 30.6 Å². The van der Waals surface area contributed by atoms with Crippen LogP contribution in [-0.4, -0.2) is 44.8 Å². The number of nitrogens with zero attached hydrogens (tertiary/aromatic N) is 1. The Kier molecular flexibility index (Phi) is 5.73. The molecule has 112 valence electrons. The molecule has 3 nitrogen and oxygen atoms in total. The Balaban J connectivity index is 2.11. The van der Waals surface area contributed by atoms with Gasteiger partial charge >= 0.3 is 0 Å². The van der Waals surface area contributed by atoms with Gasteiger partial charge in [0.05, 0.1) is 5.70 Å². The van der Waals surface area contributed by atoms with E-state index in [0.717, 1.165) is 32.6 Å². The van der Waals surface area contributed by atoms with Gasteiger partial charge in [0, 0.05) is 46.3 Å². The highest BCUT2D eigenvalue weighted by molar-refractivity contribution is 5.36. The standard InChI is InChI=1S/C15H22F2N2O/c1-20-8-2-3-12-9-13(16)11-15(14(17)10-12)19-6-4-18-5-7-19/h9-10,18H,2-8,11H2,1H3. The fraction of sp³-hybridized carbons (Fsp3) is 0.600. The lowest BCUT2D eigenvalue weighted by Crippen LogP contribution is -2.43. The molecule has 0 aromatic carbocycles. The molecule has 1 aliphatic carbocycles. The molecule has 0 saturated carbocycles. The molecule has 20 heavy (non-hydrogen) atoms. The van der Waals surface area contributed by atoms with Gasteiger partial charge in [0.1, 0.15) is 11.7 Å². The number of methoxy groups -OCH3 is 1. The molecular formula is C15H22F2N2O. The van der Waals surface area contributed by atoms with Crippen LogP contribution in [0.5, 0.6) is 0 Å². The van der Waals surface area contributed by atoms with Crippen molar-refractivity contribution in [3.8, 4) is 0 Å². The van der Waals surface area contributed by atoms with E-state index in [1.807, 2.05) is 4.90 Å². The van der Waals surface area contributed by atoms with E-state index < -0.39 is 0 Å². The lowest BCUT2D eigenvalue weighted by Gasteiger charge is -2.31. The number of rotatable bonds is 5. The molecular weight excluding hydrogens is 262 g/mol. The maximum Gasteiger partial charge on any atom is 0.142 e. The van der Waals surface area contributed by atoms with Crippen molar-refractivity contribution in [3.05, 3.63) is 35.1 Å². The van der Waals surface area contributed by atoms with Crippen molar-refractivity contribution in [1.82, 2.24) is 10.2 Å². The van der Waals surface area contributed by atoms with E-state index in [2.05, 4.69) is 5.32 Å². The van der Waals surface area contributed by atoms with Crippen molar-refractivity contribution in [3.63, 3.8) is 0 Å². The second-order valence-electron chi connectivity index (χ2n) is 5.12. The molecule has 5 heteroatoms. The summed E-state index contributed by atoms with van der Waals surface area (Å²) in [6.45, 7) is 3.67. The second kappa shape index (κ2) is 7.55. The molecule has 0 radical (unpaired) electrons. The highest BCUT2D eigenvalue weighted by Gasteiger charge is 2.20. The number of piperazine rings is 1. The number of ether oxygens (including phenoxy) is 1. The highest BCUT2D eigenvalue weighted by Crippen LogP contribution is 2.28. The predicted molar refractivity (Wildman–Crippen MR) is 75.6 cm³/mol. The molecule has 1 fully saturated rings. The Morgan fingerprint density at radius 3 is 2.70 bits per heavy atom. The summed E-state index contributed by atoms with van der Waals surface area (Å²) in [6.07, 6.45) is 4.38. The minimum Gasteiger partial charge on any atom is -0.385 e. The number of allylic oxidation sites excluding steroid dienone is 5. The third kappa shape index (κ3) is 4.15. The van der Waals surface area contributed by atoms with Crippen molar-refractivity contribution >= 4 is 0 Å². The molecule has 0 amide bonds. The summed E-state index contributed by atoms with van der Waals surface area (Å²) in [6, 6.07) is 0. The molecule has 1 heterocycles. The van der Waals surface area contributed by atoms with Gasteiger partial charge in [-0.3, -0.25) is 0 Å². The molecule has 0 unspecified atom stereocenters. The first-order chi connectivity index (χ1) is 9.70. The molecule has 0 bridgehead atoms. The summed E-state index contributed by atoms with van der Waals surface area (Å²) in [5.74, 6) is -0.571. The van der Waals surface area contributed by atoms with Crippen LogP contribution < -0.4 is 5.32 Å². The summed E-state index contributed by atoms with van der Waals surface area (Å²) in [4.78, 5) is 1.94. The average molecular weight is 284 g/mol. The largest absolute Gasteiger partial charge is 0.385 e. The Hall–Kier alpha value is -1.20. The monoisotopic (exact) mass is 284 g/mol. The van der Waals surface area contributed by atoms with Gasteiger partial charge in [-0.2, -0.15) is 0 Å². The molecule has 0 atom stereocenters. The molecule has 0 aromatic rings. The maximum atomic E-state index is 14.3. The Morgan fingerprint density at radius 2 is 2.00 bits per heavy atom. The van der Waals surface area contributed by atoms with Crippen LogP contribution in [0.3, 0.4) is 0 Å². The Bertz CT molecular complexity index is 424. The predicted octanol–water partition coefficient (Wildman–Crippen LogP) is 2.68. The first-order valence-electron chi connectivity index (χ1n) is 7.10. The minimum atomic E-state index is -0.303. The van der Waals surface area contributed by atoms with Crippen molar-refractivity contribution < 1.29 is 13.5 Å². The molecule has 1 aliphatic heterocycles. The minimum absolute atomic E-state index is 0.0517. The smallest absolute Gasteiger partial charge is 0.142 e. The van der Waals surface area contributed by atoms with Gasteiger partial charge in [0.15, 0.2) is 0 Å². The molecule has 0 aromatic heterocycles. The SMILES string of the molecule is COCCCC1=CC(F)=C(N2CCNCC2)CC(F)=C1. The third-order valence-corrected chi connectivity index (χ3v) is 3.58. The molecule has 1 N–H and O–H groups in total. The van der Waals surface area contributed by atoms with Crippen LogP contribution in [0, 0.1) is 0 Å². The van der Waals surface area contributed by atoms with Crippen molar-refractivity contribution in [2.45, 2.75) is 19.3 Å². The van der Waals surface area contributed by atoms with Gasteiger partial charge in [-0.25, -0.2) is 8.78 Å². The first-order valence-corrected chi connectivity index (χ1v) is 7.10. The van der Waals surface area contributed by atoms with Crippen LogP contribution in [0.15, 0.2) is 35.1 Å². The lowest BCUT2D eigenvalue weighted by atomic mass is 10.1. The summed E-state index contributed by atoms with van der Waals surface area (Å²) in [5, 5.41) is 3.21. The fourth-order valence-corrected chi connectivity index (χ4v) is 2.55. The van der Waals surface area contributed by atoms with E-state index in [-0.39, 0.29) is 18.1 Å². The number of hydrogen-bond acceptors (Lipinski definition) is 3. The van der Waals surface area contributed by atoms with E-state index in [0.29, 0.717) is 24.3 Å². The van der Waals surface area contributed by atoms with Crippen LogP contribution in [0.1, 0.15) is 19.3 Å². The topological polar surface area (TPSA) is 24.5 Å². The van der Waals surface area contributed by atoms with Crippen LogP contribution in [0.2, 0.25) is 0 Å². The van der Waals surface area contributed by atoms with Gasteiger partial charge in [0.2, 0.25) is 0 Å². The number of halogens is 2. The third-order valence-electron chi connectivity index (χ3n) is 3.58. The van der Waals surface area contributed by atoms with E-state index in [1.165, 1.54) is 12.2 Å². The van der Waals surface area contributed by atoms with Gasteiger partial charge in [-0.15, -0.1) is 0 Å². The zero-order chi connectivity index (χ0) is 14.4. The normalized spacial score (nSPS) is 20.6. The van der Waals surface area contributed by atoms with E-state index in [9.17, 15) is 8.78 Å². The maximum absolute atomic E-state index is 14.3. The number of hydrogen-bond donors (Lipinski definition) is 1. The van der Waals surface area contributed by atoms with E-state index in [1.54, 1.807) is 7.11 Å². The zero-order valence-corrected chi connectivity index (χ0v) is 11.9. The van der Waals surface area contributed by atoms with Crippen LogP contribution in [-0.2, 0) is 4.74 Å². The van der Waals surface area contributed by atoms with Crippen LogP contribution >= 0.6 is 0 Å². The van der Waals surface area contributed by atoms with Crippen molar-refractivity contribution in [2.75, 3.05) is 39.9 Å². The van der Waals surface area contributed by atoms with Crippen molar-refractivity contribution in [2.24, 2.45) is 0 Å². The summed E-state index contributed by atoms with van der Waals surface area (Å²) >= 11 is 0. The Labute approximate surface area is 119 Å². The van der Waals surface area contributed by atoms with Gasteiger partial charge in [0.25, 0.3) is 0 Å². The van der Waals surface area contributed by atoms with E-state index >= 15 is 0 Å². The van der Waals surface area contributed by atoms with Gasteiger partial charge in [-0.1, -0.05) is 0 Å². The van der Waals surface area contributed by atoms with E-state index in [4.69, 9.17) is 4.74 Å². The quantitative estimate of drug-likeness (QED) is 0.786. The second-order valence-corrected chi connectivity index (χ2v) is 5.12. The summed E-state index contributed by atoms with van der Waals surface area (Å²) in [5.41, 5.74) is 1.17. The van der Waals surface area contributed by atoms with Gasteiger partial charge < -0.3 is 15.0 Å². The first kappa shape index (κ1) is 15.2. The van der Waals surface area contributed by atoms with Crippen LogP contribution in [0.25, 0.3) is 0 Å². The zero-order valence-electron chi connectivity index (χ0n) is 11.9. The fourth-order valence-electron chi connectivity index (χ4n) is 2.55. The number of nitrogens with one attached hydrogen (secondary N) is 1. The highest BCUT2D eigenvalue weighted by atomic mass is 19.1. The molecule has 1 saturated heterocycles. The summed E-state index contributed by atoms with van der Waals surface area (Å²) in [7, 11) is 1.63. The molecule has 0 spiro atoms. The van der Waals surface area contributed by atoms with Crippen LogP contribution in [0.4, 0.5) is 8.78 Å². The Morgan fingerprint density at radius 1 is 1.25 bits per heavy atom. The molecule has 2 rings (SSSR count). The average Bonchev–Trinajstić information content (AvgIpc) is 2.59. The van der Waals surface area contributed by atoms with Crippen molar-refractivity contribution in [1.29, 1.82) is 0 Å². The molecule has 2 aliphatic rings. The summed E-state index contributed by atoms with van der Waals surface area (Å²) < 4.78 is 33.2. The lowest BCUT2D eigenvalue weighted by molar-refractivity contribution is 0.195.